The first-order valence-electron chi connectivity index (χ1n) is 6.11. The van der Waals surface area contributed by atoms with Crippen LogP contribution in [0.1, 0.15) is 45.2 Å². The van der Waals surface area contributed by atoms with Crippen molar-refractivity contribution < 1.29 is 4.74 Å². The highest BCUT2D eigenvalue weighted by atomic mass is 16.5. The number of benzene rings is 1. The van der Waals surface area contributed by atoms with E-state index in [2.05, 4.69) is 38.2 Å². The van der Waals surface area contributed by atoms with Gasteiger partial charge in [-0.25, -0.2) is 0 Å². The number of nitrogens with one attached hydrogen (secondary N) is 1. The van der Waals surface area contributed by atoms with Crippen molar-refractivity contribution in [2.45, 2.75) is 45.7 Å². The molecule has 0 fully saturated rings. The maximum absolute atomic E-state index is 5.40. The van der Waals surface area contributed by atoms with Crippen molar-refractivity contribution in [3.05, 3.63) is 29.8 Å². The molecule has 90 valence electrons. The molecule has 0 aliphatic rings. The van der Waals surface area contributed by atoms with E-state index in [9.17, 15) is 0 Å². The summed E-state index contributed by atoms with van der Waals surface area (Å²) in [5, 5.41) is 3.63. The first kappa shape index (κ1) is 13.0. The van der Waals surface area contributed by atoms with Crippen molar-refractivity contribution in [3.63, 3.8) is 0 Å². The molecule has 2 unspecified atom stereocenters. The predicted octanol–water partition coefficient (Wildman–Crippen LogP) is 3.53. The van der Waals surface area contributed by atoms with E-state index < -0.39 is 0 Å². The van der Waals surface area contributed by atoms with Crippen molar-refractivity contribution in [2.24, 2.45) is 0 Å². The fourth-order valence-electron chi connectivity index (χ4n) is 1.84. The summed E-state index contributed by atoms with van der Waals surface area (Å²) < 4.78 is 5.40. The number of para-hydroxylation sites is 1. The van der Waals surface area contributed by atoms with Gasteiger partial charge in [0.05, 0.1) is 7.11 Å². The summed E-state index contributed by atoms with van der Waals surface area (Å²) in [4.78, 5) is 0. The van der Waals surface area contributed by atoms with Crippen molar-refractivity contribution in [1.29, 1.82) is 0 Å². The van der Waals surface area contributed by atoms with E-state index in [-0.39, 0.29) is 0 Å². The Morgan fingerprint density at radius 3 is 2.44 bits per heavy atom. The standard InChI is InChI=1S/C14H23NO/c1-5-11(3)15-13(6-2)12-9-7-8-10-14(12)16-4/h7-11,13,15H,5-6H2,1-4H3. The average molecular weight is 221 g/mol. The van der Waals surface area contributed by atoms with E-state index in [4.69, 9.17) is 4.74 Å². The van der Waals surface area contributed by atoms with Crippen LogP contribution in [0.3, 0.4) is 0 Å². The molecule has 2 heteroatoms. The van der Waals surface area contributed by atoms with Gasteiger partial charge in [0, 0.05) is 17.6 Å². The third-order valence-corrected chi connectivity index (χ3v) is 3.02. The molecule has 0 aliphatic carbocycles. The second kappa shape index (κ2) is 6.54. The van der Waals surface area contributed by atoms with E-state index in [1.54, 1.807) is 7.11 Å². The van der Waals surface area contributed by atoms with Gasteiger partial charge in [-0.15, -0.1) is 0 Å². The van der Waals surface area contributed by atoms with Crippen LogP contribution in [0.2, 0.25) is 0 Å². The van der Waals surface area contributed by atoms with Crippen LogP contribution in [0.4, 0.5) is 0 Å². The second-order valence-corrected chi connectivity index (χ2v) is 4.18. The molecule has 0 radical (unpaired) electrons. The van der Waals surface area contributed by atoms with Gasteiger partial charge in [-0.05, 0) is 25.8 Å². The van der Waals surface area contributed by atoms with E-state index >= 15 is 0 Å². The third-order valence-electron chi connectivity index (χ3n) is 3.02. The Bertz CT molecular complexity index is 311. The number of ether oxygens (including phenoxy) is 1. The van der Waals surface area contributed by atoms with Crippen molar-refractivity contribution in [2.75, 3.05) is 7.11 Å². The highest BCUT2D eigenvalue weighted by Crippen LogP contribution is 2.27. The van der Waals surface area contributed by atoms with Crippen LogP contribution < -0.4 is 10.1 Å². The largest absolute Gasteiger partial charge is 0.496 e. The molecular formula is C14H23NO. The van der Waals surface area contributed by atoms with Gasteiger partial charge in [0.1, 0.15) is 5.75 Å². The Morgan fingerprint density at radius 2 is 1.88 bits per heavy atom. The fourth-order valence-corrected chi connectivity index (χ4v) is 1.84. The Hall–Kier alpha value is -1.02. The molecule has 1 N–H and O–H groups in total. The molecule has 0 aromatic heterocycles. The van der Waals surface area contributed by atoms with Gasteiger partial charge in [-0.2, -0.15) is 0 Å². The van der Waals surface area contributed by atoms with Crippen LogP contribution in [0.5, 0.6) is 5.75 Å². The Balaban J connectivity index is 2.85. The maximum Gasteiger partial charge on any atom is 0.123 e. The van der Waals surface area contributed by atoms with Gasteiger partial charge in [-0.3, -0.25) is 0 Å². The molecule has 16 heavy (non-hydrogen) atoms. The van der Waals surface area contributed by atoms with E-state index in [1.165, 1.54) is 5.56 Å². The van der Waals surface area contributed by atoms with Gasteiger partial charge in [0.2, 0.25) is 0 Å². The minimum Gasteiger partial charge on any atom is -0.496 e. The SMILES string of the molecule is CCC(C)NC(CC)c1ccccc1OC. The Kier molecular flexibility index (Phi) is 5.33. The summed E-state index contributed by atoms with van der Waals surface area (Å²) in [6.45, 7) is 6.62. The molecule has 0 spiro atoms. The lowest BCUT2D eigenvalue weighted by molar-refractivity contribution is 0.384. The minimum absolute atomic E-state index is 0.381. The second-order valence-electron chi connectivity index (χ2n) is 4.18. The highest BCUT2D eigenvalue weighted by Gasteiger charge is 2.15. The number of hydrogen-bond donors (Lipinski definition) is 1. The molecule has 0 bridgehead atoms. The van der Waals surface area contributed by atoms with Gasteiger partial charge in [0.25, 0.3) is 0 Å². The molecule has 2 atom stereocenters. The van der Waals surface area contributed by atoms with Crippen LogP contribution in [-0.4, -0.2) is 13.2 Å². The van der Waals surface area contributed by atoms with Crippen molar-refractivity contribution >= 4 is 0 Å². The molecule has 0 saturated carbocycles. The van der Waals surface area contributed by atoms with Gasteiger partial charge < -0.3 is 10.1 Å². The zero-order valence-corrected chi connectivity index (χ0v) is 10.8. The predicted molar refractivity (Wildman–Crippen MR) is 68.9 cm³/mol. The lowest BCUT2D eigenvalue weighted by Crippen LogP contribution is -2.29. The maximum atomic E-state index is 5.40. The molecule has 0 saturated heterocycles. The van der Waals surface area contributed by atoms with Crippen molar-refractivity contribution in [1.82, 2.24) is 5.32 Å². The zero-order chi connectivity index (χ0) is 12.0. The smallest absolute Gasteiger partial charge is 0.123 e. The van der Waals surface area contributed by atoms with Gasteiger partial charge in [0.15, 0.2) is 0 Å². The van der Waals surface area contributed by atoms with Crippen molar-refractivity contribution in [3.8, 4) is 5.75 Å². The highest BCUT2D eigenvalue weighted by molar-refractivity contribution is 5.35. The van der Waals surface area contributed by atoms with Crippen LogP contribution >= 0.6 is 0 Å². The quantitative estimate of drug-likeness (QED) is 0.793. The number of rotatable bonds is 6. The fraction of sp³-hybridized carbons (Fsp3) is 0.571. The lowest BCUT2D eigenvalue weighted by Gasteiger charge is -2.23. The van der Waals surface area contributed by atoms with Gasteiger partial charge >= 0.3 is 0 Å². The van der Waals surface area contributed by atoms with E-state index in [0.717, 1.165) is 18.6 Å². The molecule has 0 aliphatic heterocycles. The minimum atomic E-state index is 0.381. The van der Waals surface area contributed by atoms with E-state index in [1.807, 2.05) is 12.1 Å². The molecule has 0 heterocycles. The van der Waals surface area contributed by atoms with Crippen LogP contribution in [0.15, 0.2) is 24.3 Å². The van der Waals surface area contributed by atoms with Crippen LogP contribution in [-0.2, 0) is 0 Å². The van der Waals surface area contributed by atoms with Gasteiger partial charge in [-0.1, -0.05) is 32.0 Å². The normalized spacial score (nSPS) is 14.5. The number of hydrogen-bond acceptors (Lipinski definition) is 2. The number of methoxy groups -OCH3 is 1. The third kappa shape index (κ3) is 3.24. The summed E-state index contributed by atoms with van der Waals surface area (Å²) in [6, 6.07) is 9.16. The molecule has 2 nitrogen and oxygen atoms in total. The molecule has 1 aromatic carbocycles. The Morgan fingerprint density at radius 1 is 1.19 bits per heavy atom. The summed E-state index contributed by atoms with van der Waals surface area (Å²) >= 11 is 0. The lowest BCUT2D eigenvalue weighted by atomic mass is 10.0. The summed E-state index contributed by atoms with van der Waals surface area (Å²) in [6.07, 6.45) is 2.22. The Labute approximate surface area is 99.0 Å². The van der Waals surface area contributed by atoms with E-state index in [0.29, 0.717) is 12.1 Å². The summed E-state index contributed by atoms with van der Waals surface area (Å²) in [7, 11) is 1.73. The molecular weight excluding hydrogens is 198 g/mol. The first-order chi connectivity index (χ1) is 7.72. The molecule has 1 aromatic rings. The summed E-state index contributed by atoms with van der Waals surface area (Å²) in [5.74, 6) is 0.977. The zero-order valence-electron chi connectivity index (χ0n) is 10.8. The molecule has 1 rings (SSSR count). The average Bonchev–Trinajstić information content (AvgIpc) is 2.35. The summed E-state index contributed by atoms with van der Waals surface area (Å²) in [5.41, 5.74) is 1.26. The van der Waals surface area contributed by atoms with Crippen LogP contribution in [0.25, 0.3) is 0 Å². The first-order valence-corrected chi connectivity index (χ1v) is 6.11. The monoisotopic (exact) mass is 221 g/mol. The topological polar surface area (TPSA) is 21.3 Å². The van der Waals surface area contributed by atoms with Crippen LogP contribution in [0, 0.1) is 0 Å². The molecule has 0 amide bonds.